The van der Waals surface area contributed by atoms with Gasteiger partial charge in [0.05, 0.1) is 5.75 Å². The van der Waals surface area contributed by atoms with E-state index in [9.17, 15) is 4.79 Å². The molecule has 0 amide bonds. The second kappa shape index (κ2) is 7.90. The lowest BCUT2D eigenvalue weighted by molar-refractivity contribution is 0.102. The lowest BCUT2D eigenvalue weighted by Gasteiger charge is -2.05. The smallest absolute Gasteiger partial charge is 0.191 e. The summed E-state index contributed by atoms with van der Waals surface area (Å²) in [5, 5.41) is 9.24. The van der Waals surface area contributed by atoms with Crippen LogP contribution < -0.4 is 0 Å². The second-order valence-corrected chi connectivity index (χ2v) is 9.46. The molecule has 0 aliphatic heterocycles. The molecule has 1 saturated carbocycles. The number of carbonyl (C=O) groups is 1. The van der Waals surface area contributed by atoms with Crippen LogP contribution in [0.2, 0.25) is 0 Å². The molecule has 3 aromatic rings. The molecular formula is C21H19Cl2N3OS. The highest BCUT2D eigenvalue weighted by molar-refractivity contribution is 7.99. The topological polar surface area (TPSA) is 47.8 Å². The lowest BCUT2D eigenvalue weighted by Crippen LogP contribution is -2.05. The van der Waals surface area contributed by atoms with Gasteiger partial charge in [0.2, 0.25) is 0 Å². The van der Waals surface area contributed by atoms with Crippen molar-refractivity contribution in [2.75, 3.05) is 5.75 Å². The third-order valence-corrected chi connectivity index (χ3v) is 6.78. The van der Waals surface area contributed by atoms with E-state index in [1.165, 1.54) is 17.3 Å². The van der Waals surface area contributed by atoms with E-state index in [-0.39, 0.29) is 11.7 Å². The highest BCUT2D eigenvalue weighted by Crippen LogP contribution is 2.59. The fraction of sp³-hybridized carbons (Fsp3) is 0.286. The summed E-state index contributed by atoms with van der Waals surface area (Å²) in [6.45, 7) is 0. The molecule has 4 nitrogen and oxygen atoms in total. The highest BCUT2D eigenvalue weighted by Gasteiger charge is 2.52. The van der Waals surface area contributed by atoms with Crippen molar-refractivity contribution in [1.82, 2.24) is 14.8 Å². The van der Waals surface area contributed by atoms with E-state index in [0.29, 0.717) is 17.7 Å². The molecule has 0 radical (unpaired) electrons. The summed E-state index contributed by atoms with van der Waals surface area (Å²) < 4.78 is 1.30. The summed E-state index contributed by atoms with van der Waals surface area (Å²) in [5.41, 5.74) is 2.94. The van der Waals surface area contributed by atoms with Crippen LogP contribution in [0.25, 0.3) is 0 Å². The number of halogens is 2. The number of rotatable bonds is 7. The predicted octanol–water partition coefficient (Wildman–Crippen LogP) is 5.04. The maximum atomic E-state index is 12.5. The Morgan fingerprint density at radius 3 is 2.46 bits per heavy atom. The van der Waals surface area contributed by atoms with Crippen molar-refractivity contribution in [3.63, 3.8) is 0 Å². The van der Waals surface area contributed by atoms with E-state index in [1.807, 2.05) is 54.1 Å². The van der Waals surface area contributed by atoms with Gasteiger partial charge in [-0.25, -0.2) is 0 Å². The molecular weight excluding hydrogens is 413 g/mol. The van der Waals surface area contributed by atoms with Gasteiger partial charge in [-0.15, -0.1) is 33.4 Å². The van der Waals surface area contributed by atoms with Gasteiger partial charge in [-0.3, -0.25) is 4.79 Å². The van der Waals surface area contributed by atoms with Gasteiger partial charge in [-0.1, -0.05) is 66.4 Å². The summed E-state index contributed by atoms with van der Waals surface area (Å²) >= 11 is 13.6. The minimum Gasteiger partial charge on any atom is -0.309 e. The molecule has 1 aromatic heterocycles. The zero-order valence-electron chi connectivity index (χ0n) is 15.3. The Bertz CT molecular complexity index is 987. The van der Waals surface area contributed by atoms with Gasteiger partial charge in [0.1, 0.15) is 10.2 Å². The number of aromatic nitrogens is 3. The third kappa shape index (κ3) is 4.27. The van der Waals surface area contributed by atoms with Gasteiger partial charge in [0.15, 0.2) is 10.9 Å². The van der Waals surface area contributed by atoms with Crippen LogP contribution in [0.15, 0.2) is 59.8 Å². The zero-order valence-corrected chi connectivity index (χ0v) is 17.6. The monoisotopic (exact) mass is 431 g/mol. The van der Waals surface area contributed by atoms with Gasteiger partial charge in [0, 0.05) is 24.9 Å². The van der Waals surface area contributed by atoms with Gasteiger partial charge in [-0.05, 0) is 17.5 Å². The Morgan fingerprint density at radius 2 is 1.82 bits per heavy atom. The van der Waals surface area contributed by atoms with Gasteiger partial charge in [-0.2, -0.15) is 0 Å². The second-order valence-electron chi connectivity index (χ2n) is 6.97. The fourth-order valence-electron chi connectivity index (χ4n) is 3.09. The summed E-state index contributed by atoms with van der Waals surface area (Å²) in [6, 6.07) is 17.7. The number of ketones is 1. The SMILES string of the molecule is Cn1c(Cc2ccccc2)nnc1SCC(=O)c1ccc([C@@H]2CC2(Cl)Cl)cc1. The van der Waals surface area contributed by atoms with Crippen LogP contribution in [0.3, 0.4) is 0 Å². The Hall–Kier alpha value is -1.82. The maximum Gasteiger partial charge on any atom is 0.191 e. The van der Waals surface area contributed by atoms with Crippen LogP contribution in [0.5, 0.6) is 0 Å². The van der Waals surface area contributed by atoms with E-state index in [0.717, 1.165) is 23.0 Å². The van der Waals surface area contributed by atoms with Crippen molar-refractivity contribution in [3.8, 4) is 0 Å². The van der Waals surface area contributed by atoms with Gasteiger partial charge < -0.3 is 4.57 Å². The Kier molecular flexibility index (Phi) is 5.50. The van der Waals surface area contributed by atoms with E-state index < -0.39 is 4.33 Å². The molecule has 0 saturated heterocycles. The number of carbonyl (C=O) groups excluding carboxylic acids is 1. The summed E-state index contributed by atoms with van der Waals surface area (Å²) in [5.74, 6) is 1.41. The minimum atomic E-state index is -0.649. The molecule has 0 unspecified atom stereocenters. The molecule has 0 N–H and O–H groups in total. The summed E-state index contributed by atoms with van der Waals surface area (Å²) in [4.78, 5) is 12.5. The van der Waals surface area contributed by atoms with Crippen molar-refractivity contribution >= 4 is 40.7 Å². The minimum absolute atomic E-state index is 0.0583. The molecule has 1 heterocycles. The van der Waals surface area contributed by atoms with Crippen LogP contribution in [0.1, 0.15) is 39.6 Å². The molecule has 1 aliphatic carbocycles. The molecule has 144 valence electrons. The number of nitrogens with zero attached hydrogens (tertiary/aromatic N) is 3. The normalized spacial score (nSPS) is 17.5. The first kappa shape index (κ1) is 19.5. The predicted molar refractivity (Wildman–Crippen MR) is 114 cm³/mol. The van der Waals surface area contributed by atoms with Crippen molar-refractivity contribution in [1.29, 1.82) is 0 Å². The van der Waals surface area contributed by atoms with E-state index >= 15 is 0 Å². The molecule has 1 fully saturated rings. The molecule has 4 rings (SSSR count). The number of alkyl halides is 2. The molecule has 1 atom stereocenters. The first-order valence-corrected chi connectivity index (χ1v) is 10.7. The molecule has 0 bridgehead atoms. The lowest BCUT2D eigenvalue weighted by atomic mass is 10.1. The Balaban J connectivity index is 1.36. The van der Waals surface area contributed by atoms with Gasteiger partial charge in [0.25, 0.3) is 0 Å². The van der Waals surface area contributed by atoms with E-state index in [2.05, 4.69) is 22.3 Å². The van der Waals surface area contributed by atoms with Crippen molar-refractivity contribution in [2.24, 2.45) is 7.05 Å². The van der Waals surface area contributed by atoms with Crippen LogP contribution in [0, 0.1) is 0 Å². The number of thioether (sulfide) groups is 1. The van der Waals surface area contributed by atoms with Gasteiger partial charge >= 0.3 is 0 Å². The molecule has 2 aromatic carbocycles. The number of Topliss-reactive ketones (excluding diaryl/α,β-unsaturated/α-hetero) is 1. The van der Waals surface area contributed by atoms with Crippen molar-refractivity contribution in [2.45, 2.75) is 28.2 Å². The zero-order chi connectivity index (χ0) is 19.7. The van der Waals surface area contributed by atoms with Crippen LogP contribution in [-0.4, -0.2) is 30.6 Å². The van der Waals surface area contributed by atoms with E-state index in [4.69, 9.17) is 23.2 Å². The average molecular weight is 432 g/mol. The van der Waals surface area contributed by atoms with Crippen LogP contribution in [0.4, 0.5) is 0 Å². The largest absolute Gasteiger partial charge is 0.309 e. The average Bonchev–Trinajstić information content (AvgIpc) is 3.21. The number of hydrogen-bond donors (Lipinski definition) is 0. The molecule has 7 heteroatoms. The first-order chi connectivity index (χ1) is 13.4. The van der Waals surface area contributed by atoms with Crippen molar-refractivity contribution < 1.29 is 4.79 Å². The number of benzene rings is 2. The van der Waals surface area contributed by atoms with Crippen LogP contribution >= 0.6 is 35.0 Å². The molecule has 0 spiro atoms. The summed E-state index contributed by atoms with van der Waals surface area (Å²) in [6.07, 6.45) is 1.47. The van der Waals surface area contributed by atoms with Crippen LogP contribution in [-0.2, 0) is 13.5 Å². The van der Waals surface area contributed by atoms with Crippen molar-refractivity contribution in [3.05, 3.63) is 77.1 Å². The summed E-state index contributed by atoms with van der Waals surface area (Å²) in [7, 11) is 1.93. The standard InChI is InChI=1S/C21H19Cl2N3OS/c1-26-19(11-14-5-3-2-4-6-14)24-25-20(26)28-13-18(27)16-9-7-15(8-10-16)17-12-21(17,22)23/h2-10,17H,11-13H2,1H3/t17-/m0/s1. The third-order valence-electron chi connectivity index (χ3n) is 4.92. The molecule has 1 aliphatic rings. The van der Waals surface area contributed by atoms with E-state index in [1.54, 1.807) is 0 Å². The Labute approximate surface area is 178 Å². The molecule has 28 heavy (non-hydrogen) atoms. The Morgan fingerprint density at radius 1 is 1.14 bits per heavy atom. The quantitative estimate of drug-likeness (QED) is 0.298. The maximum absolute atomic E-state index is 12.5. The first-order valence-electron chi connectivity index (χ1n) is 9.00. The highest BCUT2D eigenvalue weighted by atomic mass is 35.5. The number of hydrogen-bond acceptors (Lipinski definition) is 4. The fourth-order valence-corrected chi connectivity index (χ4v) is 4.48.